The zero-order valence-corrected chi connectivity index (χ0v) is 14.9. The molecule has 1 fully saturated rings. The number of benzene rings is 1. The summed E-state index contributed by atoms with van der Waals surface area (Å²) < 4.78 is 0.821. The van der Waals surface area contributed by atoms with Crippen molar-refractivity contribution in [3.8, 4) is 0 Å². The van der Waals surface area contributed by atoms with E-state index in [2.05, 4.69) is 20.9 Å². The zero-order chi connectivity index (χ0) is 17.3. The maximum atomic E-state index is 12.4. The van der Waals surface area contributed by atoms with Gasteiger partial charge in [-0.1, -0.05) is 11.6 Å². The first-order valence-electron chi connectivity index (χ1n) is 7.28. The van der Waals surface area contributed by atoms with E-state index < -0.39 is 4.92 Å². The highest BCUT2D eigenvalue weighted by atomic mass is 79.9. The summed E-state index contributed by atoms with van der Waals surface area (Å²) in [6, 6.07) is 6.38. The van der Waals surface area contributed by atoms with Gasteiger partial charge in [0.05, 0.1) is 4.92 Å². The molecule has 0 spiro atoms. The van der Waals surface area contributed by atoms with Crippen LogP contribution in [0.2, 0.25) is 5.02 Å². The minimum atomic E-state index is -0.435. The van der Waals surface area contributed by atoms with Gasteiger partial charge in [-0.15, -0.1) is 0 Å². The number of aromatic amines is 1. The Hall–Kier alpha value is -2.06. The molecule has 2 aromatic rings. The molecule has 1 aliphatic heterocycles. The lowest BCUT2D eigenvalue weighted by atomic mass is 10.2. The van der Waals surface area contributed by atoms with Crippen molar-refractivity contribution >= 4 is 44.8 Å². The van der Waals surface area contributed by atoms with Crippen molar-refractivity contribution in [2.24, 2.45) is 0 Å². The summed E-state index contributed by atoms with van der Waals surface area (Å²) in [5.74, 6) is -0.0778. The van der Waals surface area contributed by atoms with Crippen LogP contribution in [0, 0.1) is 10.1 Å². The maximum Gasteiger partial charge on any atom is 0.294 e. The van der Waals surface area contributed by atoms with Crippen LogP contribution in [0.5, 0.6) is 0 Å². The molecule has 1 aromatic carbocycles. The molecule has 3 rings (SSSR count). The molecule has 2 heterocycles. The first kappa shape index (κ1) is 16.8. The Morgan fingerprint density at radius 3 is 2.54 bits per heavy atom. The summed E-state index contributed by atoms with van der Waals surface area (Å²) in [5, 5.41) is 11.6. The fourth-order valence-electron chi connectivity index (χ4n) is 2.72. The number of nitrogens with zero attached hydrogens (tertiary/aromatic N) is 3. The molecule has 1 saturated heterocycles. The lowest BCUT2D eigenvalue weighted by Gasteiger charge is -2.35. The van der Waals surface area contributed by atoms with Gasteiger partial charge in [-0.05, 0) is 34.1 Å². The van der Waals surface area contributed by atoms with E-state index in [1.165, 1.54) is 6.07 Å². The Labute approximate surface area is 151 Å². The van der Waals surface area contributed by atoms with E-state index in [9.17, 15) is 14.9 Å². The van der Waals surface area contributed by atoms with Gasteiger partial charge < -0.3 is 14.8 Å². The average Bonchev–Trinajstić information content (AvgIpc) is 3.01. The number of halogens is 2. The number of aromatic nitrogens is 1. The van der Waals surface area contributed by atoms with Crippen molar-refractivity contribution in [3.63, 3.8) is 0 Å². The quantitative estimate of drug-likeness (QED) is 0.618. The number of carbonyl (C=O) groups is 1. The van der Waals surface area contributed by atoms with Crippen LogP contribution >= 0.6 is 27.5 Å². The summed E-state index contributed by atoms with van der Waals surface area (Å²) in [7, 11) is 0. The van der Waals surface area contributed by atoms with Crippen LogP contribution in [-0.2, 0) is 0 Å². The first-order valence-corrected chi connectivity index (χ1v) is 8.45. The molecular formula is C15H14BrClN4O3. The third-order valence-corrected chi connectivity index (χ3v) is 4.61. The average molecular weight is 414 g/mol. The third kappa shape index (κ3) is 3.39. The maximum absolute atomic E-state index is 12.4. The Kier molecular flexibility index (Phi) is 4.77. The predicted molar refractivity (Wildman–Crippen MR) is 94.7 cm³/mol. The van der Waals surface area contributed by atoms with E-state index in [0.717, 1.165) is 4.47 Å². The van der Waals surface area contributed by atoms with Gasteiger partial charge in [0.25, 0.3) is 11.6 Å². The molecular weight excluding hydrogens is 400 g/mol. The normalized spacial score (nSPS) is 14.8. The fourth-order valence-corrected chi connectivity index (χ4v) is 3.23. The number of amides is 1. The lowest BCUT2D eigenvalue weighted by Crippen LogP contribution is -2.49. The van der Waals surface area contributed by atoms with Gasteiger partial charge in [0, 0.05) is 47.9 Å². The number of nitrogens with one attached hydrogen (secondary N) is 1. The van der Waals surface area contributed by atoms with Crippen molar-refractivity contribution in [3.05, 3.63) is 55.8 Å². The Morgan fingerprint density at radius 1 is 1.25 bits per heavy atom. The number of carbonyl (C=O) groups excluding carboxylic acids is 1. The van der Waals surface area contributed by atoms with Gasteiger partial charge in [0.15, 0.2) is 0 Å². The minimum absolute atomic E-state index is 0.0180. The van der Waals surface area contributed by atoms with Crippen molar-refractivity contribution < 1.29 is 9.72 Å². The minimum Gasteiger partial charge on any atom is -0.362 e. The Balaban J connectivity index is 1.71. The molecule has 0 saturated carbocycles. The zero-order valence-electron chi connectivity index (χ0n) is 12.5. The van der Waals surface area contributed by atoms with Gasteiger partial charge in [-0.3, -0.25) is 14.9 Å². The van der Waals surface area contributed by atoms with Crippen LogP contribution in [-0.4, -0.2) is 46.9 Å². The largest absolute Gasteiger partial charge is 0.362 e. The molecule has 0 aliphatic carbocycles. The van der Waals surface area contributed by atoms with Gasteiger partial charge in [0.2, 0.25) is 0 Å². The molecule has 1 N–H and O–H groups in total. The molecule has 9 heteroatoms. The van der Waals surface area contributed by atoms with Crippen LogP contribution in [0.3, 0.4) is 0 Å². The summed E-state index contributed by atoms with van der Waals surface area (Å²) in [6.07, 6.45) is 1.71. The van der Waals surface area contributed by atoms with Crippen LogP contribution in [0.15, 0.2) is 34.9 Å². The van der Waals surface area contributed by atoms with Crippen LogP contribution < -0.4 is 4.90 Å². The summed E-state index contributed by atoms with van der Waals surface area (Å²) in [4.78, 5) is 29.8. The van der Waals surface area contributed by atoms with Gasteiger partial charge >= 0.3 is 0 Å². The van der Waals surface area contributed by atoms with E-state index in [0.29, 0.717) is 42.6 Å². The smallest absolute Gasteiger partial charge is 0.294 e. The molecule has 1 amide bonds. The molecule has 1 aromatic heterocycles. The van der Waals surface area contributed by atoms with Crippen molar-refractivity contribution in [1.29, 1.82) is 0 Å². The van der Waals surface area contributed by atoms with Gasteiger partial charge in [-0.2, -0.15) is 0 Å². The van der Waals surface area contributed by atoms with E-state index in [4.69, 9.17) is 11.6 Å². The highest BCUT2D eigenvalue weighted by Gasteiger charge is 2.26. The van der Waals surface area contributed by atoms with E-state index >= 15 is 0 Å². The molecule has 0 radical (unpaired) electrons. The number of nitro groups is 1. The molecule has 0 atom stereocenters. The molecule has 0 bridgehead atoms. The van der Waals surface area contributed by atoms with E-state index in [1.54, 1.807) is 29.3 Å². The molecule has 1 aliphatic rings. The molecule has 7 nitrogen and oxygen atoms in total. The molecule has 24 heavy (non-hydrogen) atoms. The SMILES string of the molecule is O=C(c1cc(Br)c[nH]1)N1CCN(c2ccc(Cl)cc2[N+](=O)[O-])CC1. The number of hydrogen-bond donors (Lipinski definition) is 1. The number of hydrogen-bond acceptors (Lipinski definition) is 4. The summed E-state index contributed by atoms with van der Waals surface area (Å²) in [5.41, 5.74) is 1.03. The third-order valence-electron chi connectivity index (χ3n) is 3.92. The van der Waals surface area contributed by atoms with E-state index in [1.807, 2.05) is 4.90 Å². The Morgan fingerprint density at radius 2 is 1.96 bits per heavy atom. The summed E-state index contributed by atoms with van der Waals surface area (Å²) >= 11 is 9.16. The molecule has 0 unspecified atom stereocenters. The van der Waals surface area contributed by atoms with Crippen molar-refractivity contribution in [2.75, 3.05) is 31.1 Å². The topological polar surface area (TPSA) is 82.5 Å². The second-order valence-corrected chi connectivity index (χ2v) is 6.75. The number of rotatable bonds is 3. The highest BCUT2D eigenvalue weighted by molar-refractivity contribution is 9.10. The Bertz CT molecular complexity index is 787. The number of piperazine rings is 1. The van der Waals surface area contributed by atoms with Crippen LogP contribution in [0.1, 0.15) is 10.5 Å². The fraction of sp³-hybridized carbons (Fsp3) is 0.267. The standard InChI is InChI=1S/C15H14BrClN4O3/c16-10-7-12(18-9-10)15(22)20-5-3-19(4-6-20)13-2-1-11(17)8-14(13)21(23)24/h1-2,7-9,18H,3-6H2. The van der Waals surface area contributed by atoms with Crippen molar-refractivity contribution in [1.82, 2.24) is 9.88 Å². The number of anilines is 1. The molecule has 126 valence electrons. The number of nitro benzene ring substituents is 1. The first-order chi connectivity index (χ1) is 11.5. The monoisotopic (exact) mass is 412 g/mol. The van der Waals surface area contributed by atoms with E-state index in [-0.39, 0.29) is 11.6 Å². The van der Waals surface area contributed by atoms with Gasteiger partial charge in [-0.25, -0.2) is 0 Å². The second-order valence-electron chi connectivity index (χ2n) is 5.40. The lowest BCUT2D eigenvalue weighted by molar-refractivity contribution is -0.384. The van der Waals surface area contributed by atoms with Crippen molar-refractivity contribution in [2.45, 2.75) is 0 Å². The van der Waals surface area contributed by atoms with Crippen LogP contribution in [0.25, 0.3) is 0 Å². The number of H-pyrrole nitrogens is 1. The summed E-state index contributed by atoms with van der Waals surface area (Å²) in [6.45, 7) is 2.04. The van der Waals surface area contributed by atoms with Gasteiger partial charge in [0.1, 0.15) is 11.4 Å². The van der Waals surface area contributed by atoms with Crippen LogP contribution in [0.4, 0.5) is 11.4 Å². The second kappa shape index (κ2) is 6.82. The predicted octanol–water partition coefficient (Wildman–Crippen LogP) is 3.30. The highest BCUT2D eigenvalue weighted by Crippen LogP contribution is 2.31.